The summed E-state index contributed by atoms with van der Waals surface area (Å²) in [5, 5.41) is 7.87. The first kappa shape index (κ1) is 29.8. The highest BCUT2D eigenvalue weighted by Crippen LogP contribution is 2.50. The summed E-state index contributed by atoms with van der Waals surface area (Å²) in [5.41, 5.74) is 9.74. The second-order valence-electron chi connectivity index (χ2n) is 13.4. The van der Waals surface area contributed by atoms with Gasteiger partial charge in [-0.25, -0.2) is 0 Å². The molecule has 0 N–H and O–H groups in total. The predicted molar refractivity (Wildman–Crippen MR) is 208 cm³/mol. The maximum atomic E-state index is 2.44. The van der Waals surface area contributed by atoms with Gasteiger partial charge in [0.05, 0.1) is 11.4 Å². The van der Waals surface area contributed by atoms with Gasteiger partial charge in [0.1, 0.15) is 0 Å². The average Bonchev–Trinajstić information content (AvgIpc) is 3.13. The zero-order chi connectivity index (χ0) is 32.8. The first-order chi connectivity index (χ1) is 23.5. The Bertz CT molecular complexity index is 2080. The van der Waals surface area contributed by atoms with Gasteiger partial charge in [0.2, 0.25) is 0 Å². The van der Waals surface area contributed by atoms with E-state index >= 15 is 0 Å². The maximum Gasteiger partial charge on any atom is 0.0543 e. The van der Waals surface area contributed by atoms with Crippen molar-refractivity contribution in [1.82, 2.24) is 0 Å². The minimum absolute atomic E-state index is 0.343. The molecule has 0 saturated heterocycles. The van der Waals surface area contributed by atoms with Crippen LogP contribution in [-0.4, -0.2) is 0 Å². The fourth-order valence-corrected chi connectivity index (χ4v) is 7.50. The van der Waals surface area contributed by atoms with Crippen LogP contribution >= 0.6 is 0 Å². The number of para-hydroxylation sites is 4. The second kappa shape index (κ2) is 12.2. The van der Waals surface area contributed by atoms with Crippen molar-refractivity contribution in [3.8, 4) is 0 Å². The van der Waals surface area contributed by atoms with Crippen LogP contribution in [0.4, 0.5) is 34.1 Å². The van der Waals surface area contributed by atoms with Gasteiger partial charge in [0.25, 0.3) is 0 Å². The topological polar surface area (TPSA) is 6.48 Å². The Morgan fingerprint density at radius 1 is 0.333 bits per heavy atom. The molecule has 0 aromatic heterocycles. The number of hydrogen-bond acceptors (Lipinski definition) is 2. The van der Waals surface area contributed by atoms with E-state index in [4.69, 9.17) is 0 Å². The molecule has 8 rings (SSSR count). The Kier molecular flexibility index (Phi) is 7.57. The van der Waals surface area contributed by atoms with E-state index in [2.05, 4.69) is 195 Å². The molecule has 2 heteroatoms. The van der Waals surface area contributed by atoms with Crippen LogP contribution < -0.4 is 9.80 Å². The van der Waals surface area contributed by atoms with Crippen LogP contribution in [0.2, 0.25) is 0 Å². The minimum Gasteiger partial charge on any atom is -0.310 e. The molecule has 0 atom stereocenters. The van der Waals surface area contributed by atoms with Gasteiger partial charge in [-0.15, -0.1) is 0 Å². The molecule has 0 spiro atoms. The lowest BCUT2D eigenvalue weighted by Gasteiger charge is -2.31. The van der Waals surface area contributed by atoms with Crippen molar-refractivity contribution in [2.45, 2.75) is 39.5 Å². The molecule has 234 valence electrons. The van der Waals surface area contributed by atoms with Gasteiger partial charge in [-0.1, -0.05) is 125 Å². The Morgan fingerprint density at radius 2 is 0.604 bits per heavy atom. The maximum absolute atomic E-state index is 2.44. The van der Waals surface area contributed by atoms with E-state index in [9.17, 15) is 0 Å². The van der Waals surface area contributed by atoms with Crippen molar-refractivity contribution in [1.29, 1.82) is 0 Å². The van der Waals surface area contributed by atoms with Crippen LogP contribution in [0.15, 0.2) is 158 Å². The third-order valence-corrected chi connectivity index (χ3v) is 9.70. The fourth-order valence-electron chi connectivity index (χ4n) is 7.50. The first-order valence-corrected chi connectivity index (χ1v) is 17.1. The van der Waals surface area contributed by atoms with E-state index in [0.29, 0.717) is 11.8 Å². The zero-order valence-electron chi connectivity index (χ0n) is 28.1. The molecular formula is C46H40N2. The molecule has 0 heterocycles. The molecule has 0 aliphatic rings. The van der Waals surface area contributed by atoms with Crippen LogP contribution in [0.1, 0.15) is 50.7 Å². The summed E-state index contributed by atoms with van der Waals surface area (Å²) < 4.78 is 0. The van der Waals surface area contributed by atoms with Gasteiger partial charge in [0, 0.05) is 33.5 Å². The average molecular weight is 621 g/mol. The molecule has 2 nitrogen and oxygen atoms in total. The van der Waals surface area contributed by atoms with Crippen molar-refractivity contribution in [2.75, 3.05) is 9.80 Å². The van der Waals surface area contributed by atoms with Gasteiger partial charge >= 0.3 is 0 Å². The minimum atomic E-state index is 0.343. The molecule has 8 aromatic carbocycles. The quantitative estimate of drug-likeness (QED) is 0.156. The Hall–Kier alpha value is -5.60. The number of anilines is 6. The largest absolute Gasteiger partial charge is 0.310 e. The Morgan fingerprint density at radius 3 is 0.875 bits per heavy atom. The first-order valence-electron chi connectivity index (χ1n) is 17.1. The third kappa shape index (κ3) is 4.96. The highest BCUT2D eigenvalue weighted by molar-refractivity contribution is 6.29. The van der Waals surface area contributed by atoms with Crippen molar-refractivity contribution in [3.63, 3.8) is 0 Å². The van der Waals surface area contributed by atoms with E-state index in [1.807, 2.05) is 0 Å². The van der Waals surface area contributed by atoms with Crippen molar-refractivity contribution in [3.05, 3.63) is 169 Å². The molecule has 0 aliphatic heterocycles. The molecule has 0 unspecified atom stereocenters. The lowest BCUT2D eigenvalue weighted by Crippen LogP contribution is -2.13. The monoisotopic (exact) mass is 620 g/mol. The van der Waals surface area contributed by atoms with Crippen molar-refractivity contribution < 1.29 is 0 Å². The van der Waals surface area contributed by atoms with Crippen LogP contribution in [0.5, 0.6) is 0 Å². The summed E-state index contributed by atoms with van der Waals surface area (Å²) in [6.07, 6.45) is 0. The van der Waals surface area contributed by atoms with Gasteiger partial charge in [0.15, 0.2) is 0 Å². The Labute approximate surface area is 283 Å². The van der Waals surface area contributed by atoms with E-state index < -0.39 is 0 Å². The van der Waals surface area contributed by atoms with E-state index in [1.165, 1.54) is 54.8 Å². The number of rotatable bonds is 8. The second-order valence-corrected chi connectivity index (χ2v) is 13.4. The van der Waals surface area contributed by atoms with Gasteiger partial charge < -0.3 is 9.80 Å². The lowest BCUT2D eigenvalue weighted by molar-refractivity contribution is 0.875. The predicted octanol–water partition coefficient (Wildman–Crippen LogP) is 13.8. The van der Waals surface area contributed by atoms with E-state index in [-0.39, 0.29) is 0 Å². The van der Waals surface area contributed by atoms with Crippen molar-refractivity contribution >= 4 is 66.4 Å². The number of benzene rings is 8. The molecule has 0 bridgehead atoms. The zero-order valence-corrected chi connectivity index (χ0v) is 28.1. The van der Waals surface area contributed by atoms with Gasteiger partial charge in [-0.3, -0.25) is 0 Å². The molecule has 0 saturated carbocycles. The standard InChI is InChI=1S/C46H40N2/c1-31(2)41-29-43(47(33-17-9-5-10-18-33)34-19-11-6-12-20-34)39-28-26-38-42(32(3)4)30-44(40-27-25-37(41)45(39)46(38)40)48(35-21-13-7-14-22-35)36-23-15-8-16-24-36/h5-32H,1-4H3. The molecule has 0 fully saturated rings. The summed E-state index contributed by atoms with van der Waals surface area (Å²) in [7, 11) is 0. The third-order valence-electron chi connectivity index (χ3n) is 9.70. The Balaban J connectivity index is 1.53. The molecule has 0 amide bonds. The van der Waals surface area contributed by atoms with E-state index in [0.717, 1.165) is 22.7 Å². The SMILES string of the molecule is CC(C)c1cc(N(c2ccccc2)c2ccccc2)c2ccc3c(C(C)C)cc(N(c4ccccc4)c4ccccc4)c4ccc1c2c34. The molecule has 0 radical (unpaired) electrons. The summed E-state index contributed by atoms with van der Waals surface area (Å²) in [4.78, 5) is 4.87. The van der Waals surface area contributed by atoms with Crippen LogP contribution in [0, 0.1) is 0 Å². The fraction of sp³-hybridized carbons (Fsp3) is 0.130. The normalized spacial score (nSPS) is 11.7. The van der Waals surface area contributed by atoms with Crippen molar-refractivity contribution in [2.24, 2.45) is 0 Å². The molecule has 0 aliphatic carbocycles. The summed E-state index contributed by atoms with van der Waals surface area (Å²) in [6, 6.07) is 57.5. The van der Waals surface area contributed by atoms with Crippen LogP contribution in [-0.2, 0) is 0 Å². The highest BCUT2D eigenvalue weighted by Gasteiger charge is 2.25. The smallest absolute Gasteiger partial charge is 0.0543 e. The van der Waals surface area contributed by atoms with E-state index in [1.54, 1.807) is 0 Å². The summed E-state index contributed by atoms with van der Waals surface area (Å²) in [5.74, 6) is 0.687. The number of nitrogens with zero attached hydrogens (tertiary/aromatic N) is 2. The lowest BCUT2D eigenvalue weighted by atomic mass is 9.84. The van der Waals surface area contributed by atoms with Gasteiger partial charge in [-0.2, -0.15) is 0 Å². The molecule has 8 aromatic rings. The molecular weight excluding hydrogens is 581 g/mol. The summed E-state index contributed by atoms with van der Waals surface area (Å²) in [6.45, 7) is 9.29. The van der Waals surface area contributed by atoms with Gasteiger partial charge in [-0.05, 0) is 105 Å². The number of hydrogen-bond donors (Lipinski definition) is 0. The van der Waals surface area contributed by atoms with Crippen LogP contribution in [0.25, 0.3) is 32.3 Å². The molecule has 48 heavy (non-hydrogen) atoms. The summed E-state index contributed by atoms with van der Waals surface area (Å²) >= 11 is 0. The highest BCUT2D eigenvalue weighted by atomic mass is 15.1. The van der Waals surface area contributed by atoms with Crippen LogP contribution in [0.3, 0.4) is 0 Å².